The number of nitrogens with one attached hydrogen (secondary N) is 2. The predicted octanol–water partition coefficient (Wildman–Crippen LogP) is 1.93. The molecule has 7 nitrogen and oxygen atoms in total. The van der Waals surface area contributed by atoms with Crippen LogP contribution in [0.3, 0.4) is 0 Å². The van der Waals surface area contributed by atoms with Gasteiger partial charge >= 0.3 is 0 Å². The second-order valence-electron chi connectivity index (χ2n) is 5.57. The molecule has 0 spiro atoms. The molecule has 3 rings (SSSR count). The number of carbonyl (C=O) groups is 1. The van der Waals surface area contributed by atoms with E-state index in [1.165, 1.54) is 18.2 Å². The SMILES string of the molecule is CC(NS(=O)(=O)c1ccc2c(c1)NC(=O)CO2)c1ccc(C#N)cc1. The van der Waals surface area contributed by atoms with Crippen LogP contribution in [0.25, 0.3) is 0 Å². The Hall–Kier alpha value is -2.89. The molecule has 2 N–H and O–H groups in total. The third-order valence-electron chi connectivity index (χ3n) is 3.77. The largest absolute Gasteiger partial charge is 0.482 e. The van der Waals surface area contributed by atoms with E-state index in [2.05, 4.69) is 10.0 Å². The molecule has 0 fully saturated rings. The van der Waals surface area contributed by atoms with Crippen LogP contribution in [0.2, 0.25) is 0 Å². The molecule has 0 aromatic heterocycles. The molecule has 1 aliphatic heterocycles. The average Bonchev–Trinajstić information content (AvgIpc) is 2.60. The van der Waals surface area contributed by atoms with Crippen LogP contribution in [-0.2, 0) is 14.8 Å². The number of benzene rings is 2. The first-order chi connectivity index (χ1) is 11.9. The Bertz CT molecular complexity index is 962. The second-order valence-corrected chi connectivity index (χ2v) is 7.29. The minimum absolute atomic E-state index is 0.0255. The fourth-order valence-electron chi connectivity index (χ4n) is 2.44. The molecule has 2 aromatic rings. The number of anilines is 1. The Morgan fingerprint density at radius 1 is 1.24 bits per heavy atom. The van der Waals surface area contributed by atoms with Crippen LogP contribution < -0.4 is 14.8 Å². The summed E-state index contributed by atoms with van der Waals surface area (Å²) in [6.45, 7) is 1.62. The van der Waals surface area contributed by atoms with Crippen molar-refractivity contribution >= 4 is 21.6 Å². The van der Waals surface area contributed by atoms with Crippen LogP contribution in [0.15, 0.2) is 47.4 Å². The van der Waals surface area contributed by atoms with Crippen molar-refractivity contribution < 1.29 is 17.9 Å². The maximum atomic E-state index is 12.6. The number of ether oxygens (including phenoxy) is 1. The fourth-order valence-corrected chi connectivity index (χ4v) is 3.70. The summed E-state index contributed by atoms with van der Waals surface area (Å²) in [5.41, 5.74) is 1.56. The van der Waals surface area contributed by atoms with Crippen molar-refractivity contribution in [3.05, 3.63) is 53.6 Å². The number of nitrogens with zero attached hydrogens (tertiary/aromatic N) is 1. The summed E-state index contributed by atoms with van der Waals surface area (Å²) >= 11 is 0. The van der Waals surface area contributed by atoms with E-state index in [1.807, 2.05) is 6.07 Å². The molecule has 0 saturated heterocycles. The standard InChI is InChI=1S/C17H15N3O4S/c1-11(13-4-2-12(9-18)3-5-13)20-25(22,23)14-6-7-16-15(8-14)19-17(21)10-24-16/h2-8,11,20H,10H2,1H3,(H,19,21). The molecule has 1 amide bonds. The normalized spacial score (nSPS) is 14.6. The molecule has 1 unspecified atom stereocenters. The van der Waals surface area contributed by atoms with Crippen molar-refractivity contribution in [1.29, 1.82) is 5.26 Å². The predicted molar refractivity (Wildman–Crippen MR) is 90.5 cm³/mol. The maximum absolute atomic E-state index is 12.6. The lowest BCUT2D eigenvalue weighted by molar-refractivity contribution is -0.118. The second kappa shape index (κ2) is 6.55. The number of hydrogen-bond donors (Lipinski definition) is 2. The molecule has 0 saturated carbocycles. The molecule has 1 atom stereocenters. The van der Waals surface area contributed by atoms with Crippen LogP contribution in [0.1, 0.15) is 24.1 Å². The maximum Gasteiger partial charge on any atom is 0.262 e. The van der Waals surface area contributed by atoms with E-state index >= 15 is 0 Å². The Kier molecular flexibility index (Phi) is 4.44. The Labute approximate surface area is 145 Å². The average molecular weight is 357 g/mol. The van der Waals surface area contributed by atoms with Crippen LogP contribution in [-0.4, -0.2) is 20.9 Å². The van der Waals surface area contributed by atoms with E-state index in [9.17, 15) is 13.2 Å². The van der Waals surface area contributed by atoms with Gasteiger partial charge in [0.2, 0.25) is 10.0 Å². The summed E-state index contributed by atoms with van der Waals surface area (Å²) in [6.07, 6.45) is 0. The fraction of sp³-hybridized carbons (Fsp3) is 0.176. The van der Waals surface area contributed by atoms with Crippen LogP contribution in [0, 0.1) is 11.3 Å². The van der Waals surface area contributed by atoms with Crippen molar-refractivity contribution in [2.24, 2.45) is 0 Å². The van der Waals surface area contributed by atoms with E-state index in [0.717, 1.165) is 5.56 Å². The van der Waals surface area contributed by atoms with Crippen molar-refractivity contribution in [3.8, 4) is 11.8 Å². The number of rotatable bonds is 4. The smallest absolute Gasteiger partial charge is 0.262 e. The summed E-state index contributed by atoms with van der Waals surface area (Å²) in [5.74, 6) is 0.0969. The molecule has 0 bridgehead atoms. The zero-order valence-corrected chi connectivity index (χ0v) is 14.1. The summed E-state index contributed by atoms with van der Waals surface area (Å²) in [6, 6.07) is 12.5. The van der Waals surface area contributed by atoms with Gasteiger partial charge in [-0.15, -0.1) is 0 Å². The molecular formula is C17H15N3O4S. The highest BCUT2D eigenvalue weighted by Gasteiger charge is 2.22. The Morgan fingerprint density at radius 3 is 2.64 bits per heavy atom. The van der Waals surface area contributed by atoms with Gasteiger partial charge in [0.15, 0.2) is 6.61 Å². The minimum Gasteiger partial charge on any atom is -0.482 e. The van der Waals surface area contributed by atoms with Gasteiger partial charge < -0.3 is 10.1 Å². The molecule has 128 valence electrons. The van der Waals surface area contributed by atoms with Gasteiger partial charge in [0.05, 0.1) is 22.2 Å². The van der Waals surface area contributed by atoms with Gasteiger partial charge in [0.25, 0.3) is 5.91 Å². The lowest BCUT2D eigenvalue weighted by Crippen LogP contribution is -2.28. The summed E-state index contributed by atoms with van der Waals surface area (Å²) < 4.78 is 33.0. The number of amides is 1. The van der Waals surface area contributed by atoms with Crippen molar-refractivity contribution in [3.63, 3.8) is 0 Å². The molecular weight excluding hydrogens is 342 g/mol. The molecule has 25 heavy (non-hydrogen) atoms. The van der Waals surface area contributed by atoms with Gasteiger partial charge in [0, 0.05) is 6.04 Å². The number of hydrogen-bond acceptors (Lipinski definition) is 5. The van der Waals surface area contributed by atoms with E-state index < -0.39 is 16.1 Å². The van der Waals surface area contributed by atoms with Gasteiger partial charge in [-0.3, -0.25) is 4.79 Å². The van der Waals surface area contributed by atoms with E-state index in [-0.39, 0.29) is 17.4 Å². The number of carbonyl (C=O) groups excluding carboxylic acids is 1. The topological polar surface area (TPSA) is 108 Å². The first kappa shape index (κ1) is 17.0. The highest BCUT2D eigenvalue weighted by Crippen LogP contribution is 2.30. The summed E-state index contributed by atoms with van der Waals surface area (Å²) in [5, 5.41) is 11.4. The van der Waals surface area contributed by atoms with Crippen LogP contribution >= 0.6 is 0 Å². The Morgan fingerprint density at radius 2 is 1.96 bits per heavy atom. The quantitative estimate of drug-likeness (QED) is 0.869. The summed E-state index contributed by atoms with van der Waals surface area (Å²) in [4.78, 5) is 11.4. The van der Waals surface area contributed by atoms with E-state index in [1.54, 1.807) is 31.2 Å². The molecule has 0 radical (unpaired) electrons. The van der Waals surface area contributed by atoms with Gasteiger partial charge in [-0.1, -0.05) is 12.1 Å². The monoisotopic (exact) mass is 357 g/mol. The first-order valence-corrected chi connectivity index (χ1v) is 8.96. The van der Waals surface area contributed by atoms with Crippen molar-refractivity contribution in [2.45, 2.75) is 17.9 Å². The lowest BCUT2D eigenvalue weighted by Gasteiger charge is -2.19. The molecule has 0 aliphatic carbocycles. The van der Waals surface area contributed by atoms with Gasteiger partial charge in [-0.25, -0.2) is 13.1 Å². The third-order valence-corrected chi connectivity index (χ3v) is 5.30. The number of fused-ring (bicyclic) bond motifs is 1. The third kappa shape index (κ3) is 3.63. The number of sulfonamides is 1. The zero-order valence-electron chi connectivity index (χ0n) is 13.3. The Balaban J connectivity index is 1.82. The molecule has 2 aromatic carbocycles. The molecule has 1 heterocycles. The van der Waals surface area contributed by atoms with Gasteiger partial charge in [-0.05, 0) is 42.8 Å². The number of nitriles is 1. The first-order valence-electron chi connectivity index (χ1n) is 7.48. The summed E-state index contributed by atoms with van der Waals surface area (Å²) in [7, 11) is -3.80. The van der Waals surface area contributed by atoms with Crippen molar-refractivity contribution in [1.82, 2.24) is 4.72 Å². The van der Waals surface area contributed by atoms with E-state index in [0.29, 0.717) is 17.0 Å². The lowest BCUT2D eigenvalue weighted by atomic mass is 10.1. The van der Waals surface area contributed by atoms with Gasteiger partial charge in [0.1, 0.15) is 5.75 Å². The minimum atomic E-state index is -3.80. The highest BCUT2D eigenvalue weighted by molar-refractivity contribution is 7.89. The molecule has 1 aliphatic rings. The zero-order chi connectivity index (χ0) is 18.0. The van der Waals surface area contributed by atoms with Crippen LogP contribution in [0.5, 0.6) is 5.75 Å². The highest BCUT2D eigenvalue weighted by atomic mass is 32.2. The molecule has 8 heteroatoms. The van der Waals surface area contributed by atoms with Crippen molar-refractivity contribution in [2.75, 3.05) is 11.9 Å². The van der Waals surface area contributed by atoms with Crippen LogP contribution in [0.4, 0.5) is 5.69 Å². The van der Waals surface area contributed by atoms with E-state index in [4.69, 9.17) is 10.00 Å². The van der Waals surface area contributed by atoms with Gasteiger partial charge in [-0.2, -0.15) is 5.26 Å².